The third kappa shape index (κ3) is 1.95. The number of fused-ring (bicyclic) bond motifs is 1. The molecule has 0 bridgehead atoms. The minimum Gasteiger partial charge on any atom is -0.507 e. The third-order valence-corrected chi connectivity index (χ3v) is 2.62. The van der Waals surface area contributed by atoms with E-state index >= 15 is 0 Å². The van der Waals surface area contributed by atoms with Gasteiger partial charge < -0.3 is 5.11 Å². The van der Waals surface area contributed by atoms with E-state index in [1.165, 1.54) is 6.07 Å². The summed E-state index contributed by atoms with van der Waals surface area (Å²) in [7, 11) is 0. The number of hydrogen-bond acceptors (Lipinski definition) is 6. The number of aldehydes is 1. The summed E-state index contributed by atoms with van der Waals surface area (Å²) < 4.78 is 0. The highest BCUT2D eigenvalue weighted by Crippen LogP contribution is 2.36. The maximum absolute atomic E-state index is 11.0. The van der Waals surface area contributed by atoms with Crippen LogP contribution in [0.25, 0.3) is 10.8 Å². The highest BCUT2D eigenvalue weighted by atomic mass is 16.6. The molecule has 0 radical (unpaired) electrons. The molecular weight excluding hydrogens is 256 g/mol. The first-order valence-electron chi connectivity index (χ1n) is 4.99. The van der Waals surface area contributed by atoms with Crippen LogP contribution in [0, 0.1) is 20.2 Å². The molecule has 0 aliphatic rings. The zero-order valence-electron chi connectivity index (χ0n) is 9.27. The predicted molar refractivity (Wildman–Crippen MR) is 64.3 cm³/mol. The summed E-state index contributed by atoms with van der Waals surface area (Å²) in [6.45, 7) is 0. The number of phenols is 1. The number of carbonyl (C=O) groups is 1. The van der Waals surface area contributed by atoms with Gasteiger partial charge in [-0.3, -0.25) is 25.0 Å². The summed E-state index contributed by atoms with van der Waals surface area (Å²) >= 11 is 0. The van der Waals surface area contributed by atoms with Crippen molar-refractivity contribution in [2.45, 2.75) is 0 Å². The first kappa shape index (κ1) is 12.4. The van der Waals surface area contributed by atoms with Gasteiger partial charge >= 0.3 is 0 Å². The van der Waals surface area contributed by atoms with Crippen LogP contribution in [0.2, 0.25) is 0 Å². The molecule has 96 valence electrons. The SMILES string of the molecule is O=Cc1c(O)ccc2cc([N+](=O)[O-])cc([N+](=O)[O-])c12. The fraction of sp³-hybridized carbons (Fsp3) is 0. The van der Waals surface area contributed by atoms with Gasteiger partial charge in [0.1, 0.15) is 5.75 Å². The summed E-state index contributed by atoms with van der Waals surface area (Å²) in [5.74, 6) is -0.417. The minimum absolute atomic E-state index is 0.120. The number of nitro benzene ring substituents is 2. The van der Waals surface area contributed by atoms with Gasteiger partial charge in [0.25, 0.3) is 11.4 Å². The van der Waals surface area contributed by atoms with E-state index in [0.29, 0.717) is 0 Å². The van der Waals surface area contributed by atoms with Crippen molar-refractivity contribution in [3.8, 4) is 5.75 Å². The fourth-order valence-electron chi connectivity index (χ4n) is 1.81. The molecule has 0 aromatic heterocycles. The number of aromatic hydroxyl groups is 1. The second-order valence-electron chi connectivity index (χ2n) is 3.69. The Labute approximate surface area is 105 Å². The lowest BCUT2D eigenvalue weighted by Crippen LogP contribution is -1.96. The molecule has 2 aromatic carbocycles. The van der Waals surface area contributed by atoms with Crippen molar-refractivity contribution >= 4 is 28.4 Å². The van der Waals surface area contributed by atoms with Gasteiger partial charge in [-0.2, -0.15) is 0 Å². The Morgan fingerprint density at radius 3 is 2.32 bits per heavy atom. The van der Waals surface area contributed by atoms with Crippen LogP contribution in [0.3, 0.4) is 0 Å². The van der Waals surface area contributed by atoms with Crippen LogP contribution in [0.15, 0.2) is 24.3 Å². The number of phenolic OH excluding ortho intramolecular Hbond substituents is 1. The standard InChI is InChI=1S/C11H6N2O6/c14-5-8-10(15)2-1-6-3-7(12(16)17)4-9(11(6)8)13(18)19/h1-5,15H. The van der Waals surface area contributed by atoms with Crippen molar-refractivity contribution in [1.29, 1.82) is 0 Å². The largest absolute Gasteiger partial charge is 0.507 e. The van der Waals surface area contributed by atoms with E-state index in [0.717, 1.165) is 18.2 Å². The number of rotatable bonds is 3. The molecule has 0 amide bonds. The Kier molecular flexibility index (Phi) is 2.83. The average molecular weight is 262 g/mol. The predicted octanol–water partition coefficient (Wildman–Crippen LogP) is 2.17. The lowest BCUT2D eigenvalue weighted by atomic mass is 10.0. The van der Waals surface area contributed by atoms with Crippen LogP contribution in [0.1, 0.15) is 10.4 Å². The Bertz CT molecular complexity index is 725. The average Bonchev–Trinajstić information content (AvgIpc) is 2.37. The summed E-state index contributed by atoms with van der Waals surface area (Å²) in [6.07, 6.45) is 0.274. The van der Waals surface area contributed by atoms with E-state index < -0.39 is 27.0 Å². The molecule has 0 unspecified atom stereocenters. The highest BCUT2D eigenvalue weighted by Gasteiger charge is 2.23. The Morgan fingerprint density at radius 2 is 1.79 bits per heavy atom. The maximum atomic E-state index is 11.0. The molecule has 8 nitrogen and oxygen atoms in total. The van der Waals surface area contributed by atoms with Crippen molar-refractivity contribution in [2.75, 3.05) is 0 Å². The minimum atomic E-state index is -0.832. The van der Waals surface area contributed by atoms with Gasteiger partial charge in [0.05, 0.1) is 26.9 Å². The normalized spacial score (nSPS) is 10.3. The molecule has 0 fully saturated rings. The Balaban J connectivity index is 2.99. The molecule has 0 atom stereocenters. The van der Waals surface area contributed by atoms with Crippen LogP contribution in [-0.4, -0.2) is 21.2 Å². The Hall–Kier alpha value is -3.03. The number of hydrogen-bond donors (Lipinski definition) is 1. The molecule has 0 heterocycles. The molecule has 0 saturated carbocycles. The van der Waals surface area contributed by atoms with Gasteiger partial charge in [0.15, 0.2) is 6.29 Å². The molecule has 0 aliphatic carbocycles. The van der Waals surface area contributed by atoms with E-state index in [4.69, 9.17) is 0 Å². The second kappa shape index (κ2) is 4.33. The quantitative estimate of drug-likeness (QED) is 0.513. The van der Waals surface area contributed by atoms with Crippen LogP contribution in [0.5, 0.6) is 5.75 Å². The van der Waals surface area contributed by atoms with Crippen molar-refractivity contribution in [2.24, 2.45) is 0 Å². The molecule has 2 rings (SSSR count). The molecule has 19 heavy (non-hydrogen) atoms. The molecule has 2 aromatic rings. The van der Waals surface area contributed by atoms with Crippen LogP contribution < -0.4 is 0 Å². The van der Waals surface area contributed by atoms with Gasteiger partial charge in [0.2, 0.25) is 0 Å². The van der Waals surface area contributed by atoms with E-state index in [-0.39, 0.29) is 22.6 Å². The number of benzene rings is 2. The highest BCUT2D eigenvalue weighted by molar-refractivity contribution is 6.06. The van der Waals surface area contributed by atoms with Gasteiger partial charge in [0, 0.05) is 6.07 Å². The number of non-ortho nitro benzene ring substituents is 2. The van der Waals surface area contributed by atoms with Crippen LogP contribution in [-0.2, 0) is 0 Å². The molecule has 1 N–H and O–H groups in total. The van der Waals surface area contributed by atoms with E-state index in [2.05, 4.69) is 0 Å². The summed E-state index contributed by atoms with van der Waals surface area (Å²) in [4.78, 5) is 31.0. The number of nitro groups is 2. The summed E-state index contributed by atoms with van der Waals surface area (Å²) in [6, 6.07) is 4.29. The molecule has 0 spiro atoms. The van der Waals surface area contributed by atoms with Gasteiger partial charge in [-0.05, 0) is 11.5 Å². The zero-order chi connectivity index (χ0) is 14.2. The third-order valence-electron chi connectivity index (χ3n) is 2.62. The van der Waals surface area contributed by atoms with Crippen LogP contribution in [0.4, 0.5) is 11.4 Å². The van der Waals surface area contributed by atoms with E-state index in [9.17, 15) is 30.1 Å². The van der Waals surface area contributed by atoms with Gasteiger partial charge in [-0.15, -0.1) is 0 Å². The fourth-order valence-corrected chi connectivity index (χ4v) is 1.81. The molecule has 0 saturated heterocycles. The lowest BCUT2D eigenvalue weighted by Gasteiger charge is -2.04. The smallest absolute Gasteiger partial charge is 0.284 e. The zero-order valence-corrected chi connectivity index (χ0v) is 9.27. The first-order chi connectivity index (χ1) is 8.95. The van der Waals surface area contributed by atoms with Crippen LogP contribution >= 0.6 is 0 Å². The lowest BCUT2D eigenvalue weighted by molar-refractivity contribution is -0.393. The molecule has 8 heteroatoms. The summed E-state index contributed by atoms with van der Waals surface area (Å²) in [5, 5.41) is 31.2. The monoisotopic (exact) mass is 262 g/mol. The number of nitrogens with zero attached hydrogens (tertiary/aromatic N) is 2. The molecule has 0 aliphatic heterocycles. The van der Waals surface area contributed by atoms with Gasteiger partial charge in [-0.25, -0.2) is 0 Å². The van der Waals surface area contributed by atoms with E-state index in [1.807, 2.05) is 0 Å². The van der Waals surface area contributed by atoms with Crippen molar-refractivity contribution in [3.05, 3.63) is 50.1 Å². The van der Waals surface area contributed by atoms with Gasteiger partial charge in [-0.1, -0.05) is 6.07 Å². The van der Waals surface area contributed by atoms with Crippen molar-refractivity contribution in [3.63, 3.8) is 0 Å². The van der Waals surface area contributed by atoms with Crippen molar-refractivity contribution in [1.82, 2.24) is 0 Å². The summed E-state index contributed by atoms with van der Waals surface area (Å²) in [5.41, 5.74) is -1.32. The number of carbonyl (C=O) groups excluding carboxylic acids is 1. The maximum Gasteiger partial charge on any atom is 0.284 e. The topological polar surface area (TPSA) is 124 Å². The Morgan fingerprint density at radius 1 is 1.11 bits per heavy atom. The van der Waals surface area contributed by atoms with E-state index in [1.54, 1.807) is 0 Å². The second-order valence-corrected chi connectivity index (χ2v) is 3.69. The molecular formula is C11H6N2O6. The van der Waals surface area contributed by atoms with Crippen molar-refractivity contribution < 1.29 is 19.7 Å². The first-order valence-corrected chi connectivity index (χ1v) is 4.99.